The van der Waals surface area contributed by atoms with Crippen molar-refractivity contribution in [3.63, 3.8) is 0 Å². The number of pyridine rings is 1. The molecule has 10 heteroatoms. The van der Waals surface area contributed by atoms with Crippen LogP contribution in [0.5, 0.6) is 0 Å². The van der Waals surface area contributed by atoms with Crippen LogP contribution in [0.1, 0.15) is 18.9 Å². The fourth-order valence-electron chi connectivity index (χ4n) is 2.37. The fourth-order valence-corrected chi connectivity index (χ4v) is 4.27. The monoisotopic (exact) mass is 418 g/mol. The molecule has 0 atom stereocenters. The summed E-state index contributed by atoms with van der Waals surface area (Å²) < 4.78 is 1.79. The van der Waals surface area contributed by atoms with Gasteiger partial charge in [0.25, 0.3) is 0 Å². The molecule has 0 radical (unpaired) electrons. The van der Waals surface area contributed by atoms with Crippen LogP contribution in [-0.4, -0.2) is 36.9 Å². The van der Waals surface area contributed by atoms with Crippen LogP contribution in [0.4, 0.5) is 5.69 Å². The highest BCUT2D eigenvalue weighted by Crippen LogP contribution is 2.38. The third kappa shape index (κ3) is 4.60. The first-order chi connectivity index (χ1) is 13.2. The molecule has 0 spiro atoms. The van der Waals surface area contributed by atoms with Gasteiger partial charge in [0.1, 0.15) is 5.03 Å². The lowest BCUT2D eigenvalue weighted by molar-refractivity contribution is -0.113. The number of thioether (sulfide) groups is 1. The number of halogens is 1. The van der Waals surface area contributed by atoms with Crippen molar-refractivity contribution in [2.24, 2.45) is 0 Å². The van der Waals surface area contributed by atoms with Crippen LogP contribution in [0.25, 0.3) is 0 Å². The van der Waals surface area contributed by atoms with E-state index in [0.717, 1.165) is 22.8 Å². The van der Waals surface area contributed by atoms with Crippen LogP contribution in [0.15, 0.2) is 57.7 Å². The molecule has 2 heterocycles. The van der Waals surface area contributed by atoms with E-state index < -0.39 is 0 Å². The number of nitrogens with zero attached hydrogens (tertiary/aromatic N) is 5. The van der Waals surface area contributed by atoms with E-state index in [4.69, 9.17) is 11.6 Å². The molecule has 27 heavy (non-hydrogen) atoms. The summed E-state index contributed by atoms with van der Waals surface area (Å²) in [5.41, 5.74) is 0.658. The summed E-state index contributed by atoms with van der Waals surface area (Å²) in [6.45, 7) is 0. The van der Waals surface area contributed by atoms with Gasteiger partial charge in [-0.15, -0.1) is 5.10 Å². The van der Waals surface area contributed by atoms with E-state index >= 15 is 0 Å². The number of benzene rings is 1. The van der Waals surface area contributed by atoms with Crippen LogP contribution in [0.3, 0.4) is 0 Å². The first kappa shape index (κ1) is 18.3. The third-order valence-corrected chi connectivity index (χ3v) is 6.23. The number of hydrogen-bond acceptors (Lipinski definition) is 7. The molecule has 0 unspecified atom stereocenters. The highest BCUT2D eigenvalue weighted by molar-refractivity contribution is 8.00. The number of rotatable bonds is 7. The first-order valence-electron chi connectivity index (χ1n) is 8.28. The summed E-state index contributed by atoms with van der Waals surface area (Å²) in [6, 6.07) is 11.5. The molecule has 4 rings (SSSR count). The van der Waals surface area contributed by atoms with Gasteiger partial charge in [0.2, 0.25) is 11.1 Å². The van der Waals surface area contributed by atoms with Crippen molar-refractivity contribution in [2.75, 3.05) is 11.1 Å². The Morgan fingerprint density at radius 2 is 2.15 bits per heavy atom. The zero-order valence-electron chi connectivity index (χ0n) is 14.1. The Morgan fingerprint density at radius 1 is 1.26 bits per heavy atom. The van der Waals surface area contributed by atoms with Crippen molar-refractivity contribution in [1.82, 2.24) is 25.2 Å². The quantitative estimate of drug-likeness (QED) is 0.581. The van der Waals surface area contributed by atoms with E-state index in [1.165, 1.54) is 23.5 Å². The van der Waals surface area contributed by atoms with Gasteiger partial charge in [-0.25, -0.2) is 9.67 Å². The minimum Gasteiger partial charge on any atom is -0.324 e. The molecule has 1 aliphatic carbocycles. The summed E-state index contributed by atoms with van der Waals surface area (Å²) in [4.78, 5) is 17.5. The van der Waals surface area contributed by atoms with Crippen molar-refractivity contribution in [3.05, 3.63) is 47.6 Å². The second-order valence-corrected chi connectivity index (χ2v) is 8.24. The summed E-state index contributed by atoms with van der Waals surface area (Å²) in [5, 5.41) is 16.6. The zero-order valence-corrected chi connectivity index (χ0v) is 16.5. The second-order valence-electron chi connectivity index (χ2n) is 5.86. The van der Waals surface area contributed by atoms with Crippen molar-refractivity contribution in [2.45, 2.75) is 34.0 Å². The van der Waals surface area contributed by atoms with Gasteiger partial charge in [0.15, 0.2) is 0 Å². The molecule has 1 fully saturated rings. The van der Waals surface area contributed by atoms with Crippen molar-refractivity contribution >= 4 is 46.7 Å². The summed E-state index contributed by atoms with van der Waals surface area (Å²) in [6.07, 6.45) is 3.89. The summed E-state index contributed by atoms with van der Waals surface area (Å²) in [7, 11) is 0. The van der Waals surface area contributed by atoms with Crippen LogP contribution in [0.2, 0.25) is 5.02 Å². The van der Waals surface area contributed by atoms with Gasteiger partial charge < -0.3 is 5.32 Å². The van der Waals surface area contributed by atoms with E-state index in [1.807, 2.05) is 24.3 Å². The molecular weight excluding hydrogens is 404 g/mol. The van der Waals surface area contributed by atoms with Gasteiger partial charge in [-0.3, -0.25) is 4.79 Å². The number of aromatic nitrogens is 5. The number of nitrogens with one attached hydrogen (secondary N) is 1. The van der Waals surface area contributed by atoms with Gasteiger partial charge in [-0.1, -0.05) is 47.3 Å². The number of carbonyl (C=O) groups excluding carboxylic acids is 1. The van der Waals surface area contributed by atoms with Crippen LogP contribution < -0.4 is 5.32 Å². The minimum absolute atomic E-state index is 0.143. The predicted octanol–water partition coefficient (Wildman–Crippen LogP) is 3.94. The van der Waals surface area contributed by atoms with E-state index in [2.05, 4.69) is 25.8 Å². The first-order valence-corrected chi connectivity index (χ1v) is 10.5. The number of anilines is 1. The molecular formula is C17H15ClN6OS2. The molecule has 1 saturated carbocycles. The predicted molar refractivity (Wildman–Crippen MR) is 105 cm³/mol. The zero-order chi connectivity index (χ0) is 18.6. The van der Waals surface area contributed by atoms with E-state index in [-0.39, 0.29) is 11.7 Å². The molecule has 0 aliphatic heterocycles. The van der Waals surface area contributed by atoms with Crippen LogP contribution in [0, 0.1) is 0 Å². The molecule has 138 valence electrons. The molecule has 3 aromatic rings. The Kier molecular flexibility index (Phi) is 5.61. The van der Waals surface area contributed by atoms with E-state index in [0.29, 0.717) is 21.9 Å². The number of tetrazole rings is 1. The Morgan fingerprint density at radius 3 is 2.93 bits per heavy atom. The molecule has 1 aliphatic rings. The lowest BCUT2D eigenvalue weighted by Gasteiger charge is -2.12. The Bertz CT molecular complexity index is 948. The van der Waals surface area contributed by atoms with Crippen LogP contribution in [-0.2, 0) is 4.79 Å². The highest BCUT2D eigenvalue weighted by atomic mass is 35.5. The van der Waals surface area contributed by atoms with Gasteiger partial charge >= 0.3 is 0 Å². The molecule has 1 amide bonds. The molecule has 1 N–H and O–H groups in total. The van der Waals surface area contributed by atoms with Gasteiger partial charge in [0, 0.05) is 6.20 Å². The molecule has 0 bridgehead atoms. The average molecular weight is 419 g/mol. The van der Waals surface area contributed by atoms with Crippen LogP contribution >= 0.6 is 35.1 Å². The average Bonchev–Trinajstić information content (AvgIpc) is 3.41. The standard InChI is InChI=1S/C17H15ClN6OS2/c18-12-4-3-5-13(16(12)27-15-6-1-2-9-19-15)20-14(25)10-26-17-21-22-23-24(17)11-7-8-11/h1-6,9,11H,7-8,10H2,(H,20,25). The Labute approximate surface area is 169 Å². The smallest absolute Gasteiger partial charge is 0.234 e. The third-order valence-electron chi connectivity index (χ3n) is 3.77. The lowest BCUT2D eigenvalue weighted by Crippen LogP contribution is -2.15. The number of amides is 1. The molecule has 7 nitrogen and oxygen atoms in total. The van der Waals surface area contributed by atoms with Crippen molar-refractivity contribution in [3.8, 4) is 0 Å². The van der Waals surface area contributed by atoms with Gasteiger partial charge in [0.05, 0.1) is 27.4 Å². The minimum atomic E-state index is -0.143. The molecule has 1 aromatic carbocycles. The van der Waals surface area contributed by atoms with E-state index in [9.17, 15) is 4.79 Å². The lowest BCUT2D eigenvalue weighted by atomic mass is 10.3. The van der Waals surface area contributed by atoms with Crippen molar-refractivity contribution in [1.29, 1.82) is 0 Å². The van der Waals surface area contributed by atoms with Gasteiger partial charge in [-0.05, 0) is 47.5 Å². The van der Waals surface area contributed by atoms with E-state index in [1.54, 1.807) is 23.0 Å². The maximum atomic E-state index is 12.4. The SMILES string of the molecule is O=C(CSc1nnnn1C1CC1)Nc1cccc(Cl)c1Sc1ccccn1. The second kappa shape index (κ2) is 8.28. The van der Waals surface area contributed by atoms with Crippen molar-refractivity contribution < 1.29 is 4.79 Å². The fraction of sp³-hybridized carbons (Fsp3) is 0.235. The number of carbonyl (C=O) groups is 1. The van der Waals surface area contributed by atoms with Gasteiger partial charge in [-0.2, -0.15) is 0 Å². The topological polar surface area (TPSA) is 85.6 Å². The largest absolute Gasteiger partial charge is 0.324 e. The maximum absolute atomic E-state index is 12.4. The Balaban J connectivity index is 1.43. The maximum Gasteiger partial charge on any atom is 0.234 e. The number of hydrogen-bond donors (Lipinski definition) is 1. The normalized spacial score (nSPS) is 13.5. The summed E-state index contributed by atoms with van der Waals surface area (Å²) >= 11 is 9.09. The highest BCUT2D eigenvalue weighted by Gasteiger charge is 2.28. The summed E-state index contributed by atoms with van der Waals surface area (Å²) in [5.74, 6) is 0.0725. The molecule has 2 aromatic heterocycles. The Hall–Kier alpha value is -2.10. The molecule has 0 saturated heterocycles.